The normalized spacial score (nSPS) is 11.9. The van der Waals surface area contributed by atoms with E-state index in [0.29, 0.717) is 6.42 Å². The third-order valence-corrected chi connectivity index (χ3v) is 3.47. The van der Waals surface area contributed by atoms with E-state index in [9.17, 15) is 4.79 Å². The first kappa shape index (κ1) is 15.0. The van der Waals surface area contributed by atoms with Gasteiger partial charge in [0, 0.05) is 4.47 Å². The van der Waals surface area contributed by atoms with E-state index in [2.05, 4.69) is 15.9 Å². The van der Waals surface area contributed by atoms with Gasteiger partial charge in [-0.3, -0.25) is 4.79 Å². The number of carboxylic acids is 1. The van der Waals surface area contributed by atoms with Gasteiger partial charge in [0.15, 0.2) is 0 Å². The van der Waals surface area contributed by atoms with E-state index in [1.54, 1.807) is 0 Å². The summed E-state index contributed by atoms with van der Waals surface area (Å²) in [5, 5.41) is 11.0. The van der Waals surface area contributed by atoms with E-state index in [1.165, 1.54) is 0 Å². The van der Waals surface area contributed by atoms with Gasteiger partial charge in [-0.05, 0) is 28.8 Å². The molecule has 0 spiro atoms. The summed E-state index contributed by atoms with van der Waals surface area (Å²) in [5.74, 6) is -0.982. The number of hydrogen-bond donors (Lipinski definition) is 2. The van der Waals surface area contributed by atoms with Gasteiger partial charge in [-0.25, -0.2) is 0 Å². The predicted molar refractivity (Wildman–Crippen MR) is 78.2 cm³/mol. The molecule has 0 aliphatic rings. The van der Waals surface area contributed by atoms with Crippen LogP contribution in [0.15, 0.2) is 40.9 Å². The van der Waals surface area contributed by atoms with Crippen molar-refractivity contribution in [2.75, 3.05) is 0 Å². The molecule has 0 aromatic heterocycles. The maximum absolute atomic E-state index is 10.8. The number of rotatable bonds is 3. The number of benzene rings is 2. The molecule has 0 amide bonds. The summed E-state index contributed by atoms with van der Waals surface area (Å²) in [6.45, 7) is 0. The first-order valence-corrected chi connectivity index (χ1v) is 6.03. The van der Waals surface area contributed by atoms with Crippen molar-refractivity contribution >= 4 is 45.1 Å². The van der Waals surface area contributed by atoms with Crippen LogP contribution in [0.25, 0.3) is 10.8 Å². The quantitative estimate of drug-likeness (QED) is 0.909. The van der Waals surface area contributed by atoms with Crippen LogP contribution >= 0.6 is 28.3 Å². The molecule has 18 heavy (non-hydrogen) atoms. The molecule has 0 fully saturated rings. The average Bonchev–Trinajstić information content (AvgIpc) is 2.32. The zero-order chi connectivity index (χ0) is 12.4. The van der Waals surface area contributed by atoms with Gasteiger partial charge in [-0.15, -0.1) is 12.4 Å². The van der Waals surface area contributed by atoms with Crippen LogP contribution in [0, 0.1) is 0 Å². The summed E-state index contributed by atoms with van der Waals surface area (Å²) in [7, 11) is 0. The fourth-order valence-electron chi connectivity index (χ4n) is 1.82. The summed E-state index contributed by atoms with van der Waals surface area (Å²) < 4.78 is 0.896. The van der Waals surface area contributed by atoms with E-state index >= 15 is 0 Å². The van der Waals surface area contributed by atoms with Crippen LogP contribution in [0.5, 0.6) is 0 Å². The smallest absolute Gasteiger partial charge is 0.320 e. The minimum Gasteiger partial charge on any atom is -0.480 e. The van der Waals surface area contributed by atoms with Crippen molar-refractivity contribution in [3.8, 4) is 0 Å². The maximum Gasteiger partial charge on any atom is 0.320 e. The maximum atomic E-state index is 10.8. The zero-order valence-corrected chi connectivity index (χ0v) is 11.9. The van der Waals surface area contributed by atoms with Gasteiger partial charge in [0.25, 0.3) is 0 Å². The van der Waals surface area contributed by atoms with Crippen molar-refractivity contribution < 1.29 is 9.90 Å². The number of carbonyl (C=O) groups is 1. The molecular formula is C13H13BrClNO2. The Morgan fingerprint density at radius 1 is 1.28 bits per heavy atom. The molecule has 5 heteroatoms. The van der Waals surface area contributed by atoms with Gasteiger partial charge in [-0.2, -0.15) is 0 Å². The van der Waals surface area contributed by atoms with E-state index in [0.717, 1.165) is 20.8 Å². The van der Waals surface area contributed by atoms with Gasteiger partial charge >= 0.3 is 5.97 Å². The first-order valence-electron chi connectivity index (χ1n) is 5.24. The molecule has 2 aromatic rings. The number of carboxylic acid groups (broad SMARTS) is 1. The standard InChI is InChI=1S/C13H12BrNO2.ClH/c14-11-6-5-8-3-1-2-4-9(8)10(11)7-12(15)13(16)17;/h1-6,12H,7,15H2,(H,16,17);1H/t12-;/m0./s1. The highest BCUT2D eigenvalue weighted by atomic mass is 79.9. The second-order valence-corrected chi connectivity index (χ2v) is 4.75. The topological polar surface area (TPSA) is 63.3 Å². The second-order valence-electron chi connectivity index (χ2n) is 3.90. The largest absolute Gasteiger partial charge is 0.480 e. The molecule has 3 nitrogen and oxygen atoms in total. The lowest BCUT2D eigenvalue weighted by atomic mass is 9.99. The summed E-state index contributed by atoms with van der Waals surface area (Å²) in [6.07, 6.45) is 0.317. The van der Waals surface area contributed by atoms with Gasteiger partial charge in [0.2, 0.25) is 0 Å². The van der Waals surface area contributed by atoms with E-state index in [4.69, 9.17) is 10.8 Å². The Hall–Kier alpha value is -1.10. The Balaban J connectivity index is 0.00000162. The Bertz CT molecular complexity index is 574. The Morgan fingerprint density at radius 2 is 1.94 bits per heavy atom. The molecule has 0 heterocycles. The summed E-state index contributed by atoms with van der Waals surface area (Å²) in [6, 6.07) is 10.9. The number of nitrogens with two attached hydrogens (primary N) is 1. The van der Waals surface area contributed by atoms with Gasteiger partial charge in [0.1, 0.15) is 6.04 Å². The molecule has 0 bridgehead atoms. The van der Waals surface area contributed by atoms with Gasteiger partial charge in [-0.1, -0.05) is 46.3 Å². The van der Waals surface area contributed by atoms with Crippen LogP contribution in [-0.4, -0.2) is 17.1 Å². The highest BCUT2D eigenvalue weighted by Crippen LogP contribution is 2.27. The average molecular weight is 331 g/mol. The molecule has 2 rings (SSSR count). The molecule has 2 aromatic carbocycles. The minimum absolute atomic E-state index is 0. The summed E-state index contributed by atoms with van der Waals surface area (Å²) >= 11 is 3.45. The molecule has 0 aliphatic heterocycles. The molecular weight excluding hydrogens is 318 g/mol. The third kappa shape index (κ3) is 3.02. The van der Waals surface area contributed by atoms with Crippen LogP contribution in [0.3, 0.4) is 0 Å². The molecule has 3 N–H and O–H groups in total. The number of hydrogen-bond acceptors (Lipinski definition) is 2. The first-order chi connectivity index (χ1) is 8.09. The Morgan fingerprint density at radius 3 is 2.61 bits per heavy atom. The van der Waals surface area contributed by atoms with Crippen molar-refractivity contribution in [1.29, 1.82) is 0 Å². The van der Waals surface area contributed by atoms with Crippen molar-refractivity contribution in [2.45, 2.75) is 12.5 Å². The van der Waals surface area contributed by atoms with Gasteiger partial charge in [0.05, 0.1) is 0 Å². The van der Waals surface area contributed by atoms with Crippen LogP contribution < -0.4 is 5.73 Å². The molecule has 0 unspecified atom stereocenters. The molecule has 0 saturated heterocycles. The van der Waals surface area contributed by atoms with Crippen LogP contribution in [0.1, 0.15) is 5.56 Å². The van der Waals surface area contributed by atoms with Crippen LogP contribution in [0.4, 0.5) is 0 Å². The Labute approximate surface area is 120 Å². The lowest BCUT2D eigenvalue weighted by Gasteiger charge is -2.11. The van der Waals surface area contributed by atoms with E-state index < -0.39 is 12.0 Å². The lowest BCUT2D eigenvalue weighted by Crippen LogP contribution is -2.32. The third-order valence-electron chi connectivity index (χ3n) is 2.72. The zero-order valence-electron chi connectivity index (χ0n) is 9.47. The highest BCUT2D eigenvalue weighted by Gasteiger charge is 2.15. The molecule has 1 atom stereocenters. The van der Waals surface area contributed by atoms with Crippen molar-refractivity contribution in [3.05, 3.63) is 46.4 Å². The molecule has 96 valence electrons. The monoisotopic (exact) mass is 329 g/mol. The number of aliphatic carboxylic acids is 1. The molecule has 0 saturated carbocycles. The predicted octanol–water partition coefficient (Wildman–Crippen LogP) is 2.98. The summed E-state index contributed by atoms with van der Waals surface area (Å²) in [4.78, 5) is 10.8. The van der Waals surface area contributed by atoms with Crippen molar-refractivity contribution in [1.82, 2.24) is 0 Å². The molecule has 0 radical (unpaired) electrons. The fourth-order valence-corrected chi connectivity index (χ4v) is 2.33. The van der Waals surface area contributed by atoms with Crippen LogP contribution in [0.2, 0.25) is 0 Å². The number of halogens is 2. The Kier molecular flexibility index (Phi) is 5.14. The van der Waals surface area contributed by atoms with Crippen LogP contribution in [-0.2, 0) is 11.2 Å². The highest BCUT2D eigenvalue weighted by molar-refractivity contribution is 9.10. The minimum atomic E-state index is -0.982. The van der Waals surface area contributed by atoms with E-state index in [1.807, 2.05) is 36.4 Å². The summed E-state index contributed by atoms with van der Waals surface area (Å²) in [5.41, 5.74) is 6.53. The van der Waals surface area contributed by atoms with Gasteiger partial charge < -0.3 is 10.8 Å². The second kappa shape index (κ2) is 6.18. The molecule has 0 aliphatic carbocycles. The SMILES string of the molecule is Cl.N[C@@H](Cc1c(Br)ccc2ccccc12)C(=O)O. The van der Waals surface area contributed by atoms with Crippen molar-refractivity contribution in [2.24, 2.45) is 5.73 Å². The number of fused-ring (bicyclic) bond motifs is 1. The van der Waals surface area contributed by atoms with Crippen molar-refractivity contribution in [3.63, 3.8) is 0 Å². The lowest BCUT2D eigenvalue weighted by molar-refractivity contribution is -0.138. The van der Waals surface area contributed by atoms with E-state index in [-0.39, 0.29) is 12.4 Å². The fraction of sp³-hybridized carbons (Fsp3) is 0.154.